The molecule has 1 aliphatic heterocycles. The Bertz CT molecular complexity index is 990. The fraction of sp³-hybridized carbons (Fsp3) is 0.357. The lowest BCUT2D eigenvalue weighted by Crippen LogP contribution is -2.44. The Hall–Kier alpha value is -2.42. The molecule has 3 aromatic heterocycles. The summed E-state index contributed by atoms with van der Waals surface area (Å²) in [5, 5.41) is 0.904. The molecule has 1 aliphatic rings. The first kappa shape index (κ1) is 14.2. The average molecular weight is 333 g/mol. The molecule has 0 aromatic carbocycles. The van der Waals surface area contributed by atoms with E-state index in [0.29, 0.717) is 5.82 Å². The summed E-state index contributed by atoms with van der Waals surface area (Å²) in [6, 6.07) is 1.90. The van der Waals surface area contributed by atoms with Crippen molar-refractivity contribution in [1.82, 2.24) is 24.8 Å². The van der Waals surface area contributed by atoms with Gasteiger partial charge in [0.05, 0.1) is 29.6 Å². The number of carbonyl (C=O) groups excluding carboxylic acids is 1. The van der Waals surface area contributed by atoms with Crippen molar-refractivity contribution in [1.29, 1.82) is 0 Å². The zero-order chi connectivity index (χ0) is 16.0. The van der Waals surface area contributed by atoms with Crippen molar-refractivity contribution in [3.8, 4) is 0 Å². The van der Waals surface area contributed by atoms with Gasteiger partial charge in [-0.05, 0) is 6.07 Å². The number of pyridine rings is 1. The predicted molar refractivity (Wildman–Crippen MR) is 84.7 cm³/mol. The first-order valence-electron chi connectivity index (χ1n) is 7.31. The standard InChI is InChI=1S/C14H15N5O3S/c20-12(19-3-5-23(21,22)6-4-19)7-11-17-10-8-16-14-9(1-2-15-14)13(10)18-11/h1-2,8H,3-7H2,(H,15,16)(H,17,18). The first-order chi connectivity index (χ1) is 11.0. The molecule has 0 aliphatic carbocycles. The molecule has 3 aromatic rings. The molecule has 9 heteroatoms. The van der Waals surface area contributed by atoms with Crippen molar-refractivity contribution < 1.29 is 13.2 Å². The van der Waals surface area contributed by atoms with Crippen molar-refractivity contribution in [3.63, 3.8) is 0 Å². The molecule has 0 unspecified atom stereocenters. The van der Waals surface area contributed by atoms with Crippen LogP contribution in [0.5, 0.6) is 0 Å². The number of imidazole rings is 1. The van der Waals surface area contributed by atoms with Crippen LogP contribution in [0.15, 0.2) is 18.5 Å². The minimum Gasteiger partial charge on any atom is -0.346 e. The number of amides is 1. The van der Waals surface area contributed by atoms with Gasteiger partial charge in [-0.25, -0.2) is 18.4 Å². The second kappa shape index (κ2) is 5.05. The minimum absolute atomic E-state index is 0.0345. The minimum atomic E-state index is -2.99. The zero-order valence-electron chi connectivity index (χ0n) is 12.2. The molecule has 0 atom stereocenters. The highest BCUT2D eigenvalue weighted by molar-refractivity contribution is 7.91. The van der Waals surface area contributed by atoms with Crippen LogP contribution >= 0.6 is 0 Å². The first-order valence-corrected chi connectivity index (χ1v) is 9.13. The van der Waals surface area contributed by atoms with Gasteiger partial charge in [0.25, 0.3) is 0 Å². The van der Waals surface area contributed by atoms with Gasteiger partial charge in [0.1, 0.15) is 17.0 Å². The SMILES string of the molecule is O=C(Cc1nc2c(cnc3[nH]ccc32)[nH]1)N1CCS(=O)(=O)CC1. The second-order valence-electron chi connectivity index (χ2n) is 5.65. The lowest BCUT2D eigenvalue weighted by atomic mass is 10.3. The molecule has 0 spiro atoms. The molecule has 8 nitrogen and oxygen atoms in total. The van der Waals surface area contributed by atoms with Crippen LogP contribution in [-0.2, 0) is 21.1 Å². The van der Waals surface area contributed by atoms with E-state index in [1.54, 1.807) is 17.3 Å². The van der Waals surface area contributed by atoms with Gasteiger partial charge >= 0.3 is 0 Å². The number of H-pyrrole nitrogens is 2. The van der Waals surface area contributed by atoms with E-state index >= 15 is 0 Å². The summed E-state index contributed by atoms with van der Waals surface area (Å²) in [6.07, 6.45) is 3.61. The van der Waals surface area contributed by atoms with Crippen LogP contribution in [0.1, 0.15) is 5.82 Å². The monoisotopic (exact) mass is 333 g/mol. The summed E-state index contributed by atoms with van der Waals surface area (Å²) in [5.74, 6) is 0.519. The highest BCUT2D eigenvalue weighted by atomic mass is 32.2. The van der Waals surface area contributed by atoms with Crippen molar-refractivity contribution in [2.75, 3.05) is 24.6 Å². The maximum absolute atomic E-state index is 12.3. The third-order valence-electron chi connectivity index (χ3n) is 4.10. The predicted octanol–water partition coefficient (Wildman–Crippen LogP) is 0.239. The van der Waals surface area contributed by atoms with Crippen molar-refractivity contribution >= 4 is 37.8 Å². The van der Waals surface area contributed by atoms with Gasteiger partial charge in [-0.1, -0.05) is 0 Å². The van der Waals surface area contributed by atoms with E-state index in [1.165, 1.54) is 0 Å². The van der Waals surface area contributed by atoms with Gasteiger partial charge < -0.3 is 14.9 Å². The Kier molecular flexibility index (Phi) is 3.12. The van der Waals surface area contributed by atoms with E-state index in [0.717, 1.165) is 22.1 Å². The van der Waals surface area contributed by atoms with Gasteiger partial charge in [-0.15, -0.1) is 0 Å². The van der Waals surface area contributed by atoms with Crippen LogP contribution in [-0.4, -0.2) is 63.8 Å². The fourth-order valence-corrected chi connectivity index (χ4v) is 4.03. The third kappa shape index (κ3) is 2.56. The zero-order valence-corrected chi connectivity index (χ0v) is 13.1. The highest BCUT2D eigenvalue weighted by Crippen LogP contribution is 2.21. The van der Waals surface area contributed by atoms with Gasteiger partial charge in [0.2, 0.25) is 5.91 Å². The molecule has 1 fully saturated rings. The number of rotatable bonds is 2. The van der Waals surface area contributed by atoms with Crippen LogP contribution in [0, 0.1) is 0 Å². The number of hydrogen-bond acceptors (Lipinski definition) is 5. The fourth-order valence-electron chi connectivity index (χ4n) is 2.82. The summed E-state index contributed by atoms with van der Waals surface area (Å²) >= 11 is 0. The Balaban J connectivity index is 1.57. The molecule has 0 radical (unpaired) electrons. The molecular weight excluding hydrogens is 318 g/mol. The Morgan fingerprint density at radius 3 is 2.87 bits per heavy atom. The largest absolute Gasteiger partial charge is 0.346 e. The summed E-state index contributed by atoms with van der Waals surface area (Å²) in [7, 11) is -2.99. The molecule has 4 rings (SSSR count). The van der Waals surface area contributed by atoms with Gasteiger partial charge in [-0.2, -0.15) is 0 Å². The number of aromatic nitrogens is 4. The normalized spacial score (nSPS) is 17.8. The molecular formula is C14H15N5O3S. The number of nitrogens with zero attached hydrogens (tertiary/aromatic N) is 3. The topological polar surface area (TPSA) is 112 Å². The Morgan fingerprint density at radius 1 is 1.30 bits per heavy atom. The van der Waals surface area contributed by atoms with Crippen LogP contribution in [0.4, 0.5) is 0 Å². The van der Waals surface area contributed by atoms with E-state index in [2.05, 4.69) is 19.9 Å². The molecule has 1 amide bonds. The molecule has 2 N–H and O–H groups in total. The smallest absolute Gasteiger partial charge is 0.230 e. The summed E-state index contributed by atoms with van der Waals surface area (Å²) < 4.78 is 22.9. The lowest BCUT2D eigenvalue weighted by Gasteiger charge is -2.26. The average Bonchev–Trinajstić information content (AvgIpc) is 3.11. The Labute approximate surface area is 131 Å². The van der Waals surface area contributed by atoms with E-state index < -0.39 is 9.84 Å². The van der Waals surface area contributed by atoms with Crippen LogP contribution < -0.4 is 0 Å². The number of hydrogen-bond donors (Lipinski definition) is 2. The van der Waals surface area contributed by atoms with Crippen LogP contribution in [0.25, 0.3) is 22.1 Å². The molecule has 4 heterocycles. The van der Waals surface area contributed by atoms with Crippen LogP contribution in [0.2, 0.25) is 0 Å². The number of sulfone groups is 1. The third-order valence-corrected chi connectivity index (χ3v) is 5.71. The van der Waals surface area contributed by atoms with Crippen molar-refractivity contribution in [2.24, 2.45) is 0 Å². The van der Waals surface area contributed by atoms with E-state index in [1.807, 2.05) is 6.07 Å². The number of carbonyl (C=O) groups is 1. The maximum Gasteiger partial charge on any atom is 0.230 e. The maximum atomic E-state index is 12.3. The molecule has 23 heavy (non-hydrogen) atoms. The van der Waals surface area contributed by atoms with Gasteiger partial charge in [-0.3, -0.25) is 4.79 Å². The van der Waals surface area contributed by atoms with E-state index in [9.17, 15) is 13.2 Å². The van der Waals surface area contributed by atoms with Crippen LogP contribution in [0.3, 0.4) is 0 Å². The van der Waals surface area contributed by atoms with E-state index in [-0.39, 0.29) is 36.9 Å². The number of aromatic amines is 2. The highest BCUT2D eigenvalue weighted by Gasteiger charge is 2.25. The molecule has 0 saturated carbocycles. The van der Waals surface area contributed by atoms with Crippen molar-refractivity contribution in [3.05, 3.63) is 24.3 Å². The number of nitrogens with one attached hydrogen (secondary N) is 2. The Morgan fingerprint density at radius 2 is 2.09 bits per heavy atom. The number of fused-ring (bicyclic) bond motifs is 3. The molecule has 1 saturated heterocycles. The summed E-state index contributed by atoms with van der Waals surface area (Å²) in [4.78, 5) is 28.8. The van der Waals surface area contributed by atoms with E-state index in [4.69, 9.17) is 0 Å². The lowest BCUT2D eigenvalue weighted by molar-refractivity contribution is -0.130. The summed E-state index contributed by atoms with van der Waals surface area (Å²) in [6.45, 7) is 0.510. The second-order valence-corrected chi connectivity index (χ2v) is 7.96. The van der Waals surface area contributed by atoms with Crippen molar-refractivity contribution in [2.45, 2.75) is 6.42 Å². The molecule has 120 valence electrons. The van der Waals surface area contributed by atoms with Gasteiger partial charge in [0.15, 0.2) is 9.84 Å². The molecule has 0 bridgehead atoms. The quantitative estimate of drug-likeness (QED) is 0.698. The van der Waals surface area contributed by atoms with Gasteiger partial charge in [0, 0.05) is 24.7 Å². The summed E-state index contributed by atoms with van der Waals surface area (Å²) in [5.41, 5.74) is 2.31.